The fourth-order valence-corrected chi connectivity index (χ4v) is 4.30. The van der Waals surface area contributed by atoms with Crippen LogP contribution in [0.15, 0.2) is 41.5 Å². The van der Waals surface area contributed by atoms with Crippen molar-refractivity contribution < 1.29 is 19.1 Å². The quantitative estimate of drug-likeness (QED) is 0.207. The van der Waals surface area contributed by atoms with Gasteiger partial charge in [0.05, 0.1) is 20.3 Å². The number of hydrazone groups is 1. The SMILES string of the molecule is COc1ccc(C(=O)NC2CCN(CC(=O)NN=C(N)N)CC2)cc1OCCc1ccc(Cl)cc1Cl. The lowest BCUT2D eigenvalue weighted by Crippen LogP contribution is -2.47. The van der Waals surface area contributed by atoms with Gasteiger partial charge in [0.25, 0.3) is 11.8 Å². The van der Waals surface area contributed by atoms with Gasteiger partial charge in [-0.3, -0.25) is 14.5 Å². The zero-order valence-electron chi connectivity index (χ0n) is 19.9. The molecule has 0 spiro atoms. The molecule has 0 saturated carbocycles. The number of nitrogens with one attached hydrogen (secondary N) is 2. The van der Waals surface area contributed by atoms with E-state index in [9.17, 15) is 9.59 Å². The number of ether oxygens (including phenoxy) is 2. The summed E-state index contributed by atoms with van der Waals surface area (Å²) in [5.41, 5.74) is 14.1. The molecule has 194 valence electrons. The van der Waals surface area contributed by atoms with Crippen LogP contribution < -0.4 is 31.7 Å². The van der Waals surface area contributed by atoms with E-state index in [1.54, 1.807) is 37.4 Å². The van der Waals surface area contributed by atoms with E-state index in [0.29, 0.717) is 66.1 Å². The number of amides is 2. The minimum atomic E-state index is -0.296. The molecule has 0 atom stereocenters. The first-order valence-corrected chi connectivity index (χ1v) is 12.2. The Hall–Kier alpha value is -3.21. The maximum atomic E-state index is 12.9. The lowest BCUT2D eigenvalue weighted by Gasteiger charge is -2.31. The Morgan fingerprint density at radius 2 is 1.86 bits per heavy atom. The number of guanidine groups is 1. The van der Waals surface area contributed by atoms with E-state index in [2.05, 4.69) is 15.8 Å². The van der Waals surface area contributed by atoms with E-state index in [4.69, 9.17) is 44.1 Å². The minimum Gasteiger partial charge on any atom is -0.493 e. The van der Waals surface area contributed by atoms with E-state index in [-0.39, 0.29) is 30.4 Å². The van der Waals surface area contributed by atoms with Gasteiger partial charge in [-0.15, -0.1) is 5.10 Å². The number of carbonyl (C=O) groups is 2. The summed E-state index contributed by atoms with van der Waals surface area (Å²) in [6, 6.07) is 10.4. The van der Waals surface area contributed by atoms with Crippen LogP contribution in [0, 0.1) is 0 Å². The number of hydrogen-bond donors (Lipinski definition) is 4. The van der Waals surface area contributed by atoms with Crippen molar-refractivity contribution in [1.82, 2.24) is 15.6 Å². The molecule has 1 aliphatic rings. The maximum Gasteiger partial charge on any atom is 0.254 e. The van der Waals surface area contributed by atoms with Crippen LogP contribution >= 0.6 is 23.2 Å². The van der Waals surface area contributed by atoms with Gasteiger partial charge in [0.2, 0.25) is 5.96 Å². The molecule has 2 aromatic rings. The minimum absolute atomic E-state index is 0.00645. The highest BCUT2D eigenvalue weighted by atomic mass is 35.5. The molecule has 0 aromatic heterocycles. The molecule has 10 nitrogen and oxygen atoms in total. The molecule has 0 bridgehead atoms. The second kappa shape index (κ2) is 13.2. The largest absolute Gasteiger partial charge is 0.493 e. The van der Waals surface area contributed by atoms with Crippen LogP contribution in [0.4, 0.5) is 0 Å². The van der Waals surface area contributed by atoms with Crippen LogP contribution in [0.5, 0.6) is 11.5 Å². The normalized spacial score (nSPS) is 14.1. The average molecular weight is 537 g/mol. The van der Waals surface area contributed by atoms with Crippen LogP contribution in [0.1, 0.15) is 28.8 Å². The standard InChI is InChI=1S/C24H30Cl2N6O4/c1-35-20-5-3-16(12-21(20)36-11-8-15-2-4-17(25)13-19(15)26)23(34)29-18-6-9-32(10-7-18)14-22(33)30-31-24(27)28/h2-5,12-13,18H,6-11,14H2,1H3,(H,29,34)(H,30,33)(H4,27,28,31). The number of nitrogens with two attached hydrogens (primary N) is 2. The molecule has 1 fully saturated rings. The number of halogens is 2. The molecule has 6 N–H and O–H groups in total. The third-order valence-corrected chi connectivity index (χ3v) is 6.26. The third kappa shape index (κ3) is 8.18. The molecule has 0 radical (unpaired) electrons. The van der Waals surface area contributed by atoms with Gasteiger partial charge in [-0.2, -0.15) is 0 Å². The van der Waals surface area contributed by atoms with Crippen LogP contribution in [0.3, 0.4) is 0 Å². The van der Waals surface area contributed by atoms with Gasteiger partial charge in [0, 0.05) is 41.2 Å². The van der Waals surface area contributed by atoms with Crippen molar-refractivity contribution in [3.05, 3.63) is 57.6 Å². The van der Waals surface area contributed by atoms with Crippen molar-refractivity contribution in [3.8, 4) is 11.5 Å². The first-order valence-electron chi connectivity index (χ1n) is 11.4. The number of nitrogens with zero attached hydrogens (tertiary/aromatic N) is 2. The first kappa shape index (κ1) is 27.4. The summed E-state index contributed by atoms with van der Waals surface area (Å²) in [6.07, 6.45) is 1.99. The van der Waals surface area contributed by atoms with Gasteiger partial charge in [-0.1, -0.05) is 29.3 Å². The van der Waals surface area contributed by atoms with Gasteiger partial charge in [-0.05, 0) is 48.7 Å². The van der Waals surface area contributed by atoms with Crippen molar-refractivity contribution in [2.75, 3.05) is 33.4 Å². The van der Waals surface area contributed by atoms with Crippen molar-refractivity contribution in [2.24, 2.45) is 16.6 Å². The molecule has 1 saturated heterocycles. The lowest BCUT2D eigenvalue weighted by molar-refractivity contribution is -0.122. The second-order valence-corrected chi connectivity index (χ2v) is 9.14. The highest BCUT2D eigenvalue weighted by Gasteiger charge is 2.23. The summed E-state index contributed by atoms with van der Waals surface area (Å²) in [5, 5.41) is 7.71. The van der Waals surface area contributed by atoms with Gasteiger partial charge >= 0.3 is 0 Å². The van der Waals surface area contributed by atoms with E-state index in [1.165, 1.54) is 0 Å². The Balaban J connectivity index is 1.51. The van der Waals surface area contributed by atoms with Gasteiger partial charge in [-0.25, -0.2) is 5.43 Å². The number of benzene rings is 2. The van der Waals surface area contributed by atoms with E-state index < -0.39 is 0 Å². The van der Waals surface area contributed by atoms with Crippen molar-refractivity contribution >= 4 is 41.0 Å². The topological polar surface area (TPSA) is 144 Å². The molecule has 2 amide bonds. The summed E-state index contributed by atoms with van der Waals surface area (Å²) in [4.78, 5) is 26.7. The molecule has 3 rings (SSSR count). The molecule has 1 heterocycles. The Kier molecular flexibility index (Phi) is 10.0. The Labute approximate surface area is 219 Å². The summed E-state index contributed by atoms with van der Waals surface area (Å²) >= 11 is 12.2. The molecule has 1 aliphatic heterocycles. The number of piperidine rings is 1. The predicted octanol–water partition coefficient (Wildman–Crippen LogP) is 2.12. The van der Waals surface area contributed by atoms with E-state index in [0.717, 1.165) is 5.56 Å². The Morgan fingerprint density at radius 3 is 2.53 bits per heavy atom. The van der Waals surface area contributed by atoms with Crippen LogP contribution in [-0.2, 0) is 11.2 Å². The fraction of sp³-hybridized carbons (Fsp3) is 0.375. The average Bonchev–Trinajstić information content (AvgIpc) is 2.85. The number of carbonyl (C=O) groups excluding carboxylic acids is 2. The monoisotopic (exact) mass is 536 g/mol. The zero-order chi connectivity index (χ0) is 26.1. The van der Waals surface area contributed by atoms with Crippen LogP contribution in [0.25, 0.3) is 0 Å². The third-order valence-electron chi connectivity index (χ3n) is 5.67. The number of hydrogen-bond acceptors (Lipinski definition) is 6. The lowest BCUT2D eigenvalue weighted by atomic mass is 10.0. The summed E-state index contributed by atoms with van der Waals surface area (Å²) in [5.74, 6) is 0.294. The van der Waals surface area contributed by atoms with Gasteiger partial charge < -0.3 is 26.3 Å². The number of likely N-dealkylation sites (tertiary alicyclic amines) is 1. The molecule has 36 heavy (non-hydrogen) atoms. The predicted molar refractivity (Wildman–Crippen MR) is 140 cm³/mol. The summed E-state index contributed by atoms with van der Waals surface area (Å²) in [7, 11) is 1.55. The number of methoxy groups -OCH3 is 1. The summed E-state index contributed by atoms with van der Waals surface area (Å²) < 4.78 is 11.3. The molecule has 0 unspecified atom stereocenters. The van der Waals surface area contributed by atoms with Crippen LogP contribution in [-0.4, -0.2) is 62.1 Å². The van der Waals surface area contributed by atoms with Crippen molar-refractivity contribution in [2.45, 2.75) is 25.3 Å². The van der Waals surface area contributed by atoms with Crippen LogP contribution in [0.2, 0.25) is 10.0 Å². The first-order chi connectivity index (χ1) is 17.2. The number of rotatable bonds is 10. The molecular weight excluding hydrogens is 507 g/mol. The molecular formula is C24H30Cl2N6O4. The smallest absolute Gasteiger partial charge is 0.254 e. The highest BCUT2D eigenvalue weighted by Crippen LogP contribution is 2.29. The molecule has 2 aromatic carbocycles. The van der Waals surface area contributed by atoms with Gasteiger partial charge in [0.15, 0.2) is 11.5 Å². The Bertz CT molecular complexity index is 1100. The fourth-order valence-electron chi connectivity index (χ4n) is 3.80. The van der Waals surface area contributed by atoms with Gasteiger partial charge in [0.1, 0.15) is 0 Å². The maximum absolute atomic E-state index is 12.9. The van der Waals surface area contributed by atoms with E-state index in [1.807, 2.05) is 11.0 Å². The van der Waals surface area contributed by atoms with E-state index >= 15 is 0 Å². The Morgan fingerprint density at radius 1 is 1.11 bits per heavy atom. The highest BCUT2D eigenvalue weighted by molar-refractivity contribution is 6.35. The molecule has 0 aliphatic carbocycles. The second-order valence-electron chi connectivity index (χ2n) is 8.30. The zero-order valence-corrected chi connectivity index (χ0v) is 21.4. The molecule has 12 heteroatoms. The van der Waals surface area contributed by atoms with Crippen molar-refractivity contribution in [3.63, 3.8) is 0 Å². The summed E-state index contributed by atoms with van der Waals surface area (Å²) in [6.45, 7) is 1.84. The van der Waals surface area contributed by atoms with Crippen molar-refractivity contribution in [1.29, 1.82) is 0 Å².